The summed E-state index contributed by atoms with van der Waals surface area (Å²) >= 11 is 5.88. The van der Waals surface area contributed by atoms with Crippen LogP contribution in [0, 0.1) is 5.82 Å². The minimum absolute atomic E-state index is 0.0724. The van der Waals surface area contributed by atoms with Crippen molar-refractivity contribution in [2.45, 2.75) is 0 Å². The van der Waals surface area contributed by atoms with E-state index in [2.05, 4.69) is 20.8 Å². The van der Waals surface area contributed by atoms with Gasteiger partial charge < -0.3 is 15.4 Å². The smallest absolute Gasteiger partial charge is 0.323 e. The monoisotopic (exact) mass is 372 g/mol. The Morgan fingerprint density at radius 3 is 2.42 bits per heavy atom. The molecule has 0 aliphatic heterocycles. The number of halogens is 2. The molecular weight excluding hydrogens is 359 g/mol. The van der Waals surface area contributed by atoms with E-state index < -0.39 is 11.8 Å². The number of hydrogen-bond acceptors (Lipinski definition) is 4. The van der Waals surface area contributed by atoms with E-state index in [9.17, 15) is 9.18 Å². The van der Waals surface area contributed by atoms with Crippen molar-refractivity contribution in [3.8, 4) is 17.1 Å². The van der Waals surface area contributed by atoms with E-state index in [4.69, 9.17) is 16.3 Å². The summed E-state index contributed by atoms with van der Waals surface area (Å²) in [6.07, 6.45) is 0. The molecular formula is C18H14ClFN4O2. The standard InChI is InChI=1S/C18H14ClFN4O2/c1-26-16-10-9-15(23-24-16)11-5-7-12(8-6-11)21-18(25)22-17-13(19)3-2-4-14(17)20/h2-10H,1H3,(H2,21,22,25). The molecule has 3 rings (SSSR count). The second-order valence-corrected chi connectivity index (χ2v) is 5.62. The number of ether oxygens (including phenoxy) is 1. The van der Waals surface area contributed by atoms with Crippen LogP contribution in [0.25, 0.3) is 11.3 Å². The highest BCUT2D eigenvalue weighted by molar-refractivity contribution is 6.33. The third-order valence-corrected chi connectivity index (χ3v) is 3.80. The van der Waals surface area contributed by atoms with E-state index in [1.165, 1.54) is 25.3 Å². The van der Waals surface area contributed by atoms with Gasteiger partial charge in [0.05, 0.1) is 23.5 Å². The Bertz CT molecular complexity index is 897. The molecule has 0 spiro atoms. The normalized spacial score (nSPS) is 10.3. The topological polar surface area (TPSA) is 76.1 Å². The highest BCUT2D eigenvalue weighted by atomic mass is 35.5. The van der Waals surface area contributed by atoms with Gasteiger partial charge in [0.25, 0.3) is 0 Å². The van der Waals surface area contributed by atoms with E-state index in [1.807, 2.05) is 0 Å². The molecule has 0 saturated carbocycles. The van der Waals surface area contributed by atoms with Gasteiger partial charge >= 0.3 is 6.03 Å². The lowest BCUT2D eigenvalue weighted by Gasteiger charge is -2.10. The third-order valence-electron chi connectivity index (χ3n) is 3.49. The molecule has 0 saturated heterocycles. The molecule has 0 atom stereocenters. The van der Waals surface area contributed by atoms with Gasteiger partial charge in [-0.1, -0.05) is 29.8 Å². The summed E-state index contributed by atoms with van der Waals surface area (Å²) in [4.78, 5) is 12.0. The summed E-state index contributed by atoms with van der Waals surface area (Å²) in [6.45, 7) is 0. The van der Waals surface area contributed by atoms with E-state index >= 15 is 0 Å². The number of para-hydroxylation sites is 1. The van der Waals surface area contributed by atoms with Gasteiger partial charge in [-0.2, -0.15) is 0 Å². The predicted molar refractivity (Wildman–Crippen MR) is 98.1 cm³/mol. The second-order valence-electron chi connectivity index (χ2n) is 5.21. The van der Waals surface area contributed by atoms with Crippen molar-refractivity contribution < 1.29 is 13.9 Å². The summed E-state index contributed by atoms with van der Waals surface area (Å²) in [5.74, 6) is -0.184. The van der Waals surface area contributed by atoms with Crippen LogP contribution in [0.1, 0.15) is 0 Å². The third kappa shape index (κ3) is 4.07. The number of hydrogen-bond donors (Lipinski definition) is 2. The van der Waals surface area contributed by atoms with Crippen molar-refractivity contribution in [3.05, 3.63) is 65.4 Å². The van der Waals surface area contributed by atoms with E-state index in [0.29, 0.717) is 17.3 Å². The molecule has 132 valence electrons. The summed E-state index contributed by atoms with van der Waals surface area (Å²) in [5.41, 5.74) is 1.94. The number of nitrogens with one attached hydrogen (secondary N) is 2. The number of benzene rings is 2. The Kier molecular flexibility index (Phi) is 5.28. The van der Waals surface area contributed by atoms with Crippen LogP contribution in [-0.4, -0.2) is 23.3 Å². The molecule has 6 nitrogen and oxygen atoms in total. The number of anilines is 2. The first-order valence-corrected chi connectivity index (χ1v) is 7.95. The molecule has 0 unspecified atom stereocenters. The average molecular weight is 373 g/mol. The molecule has 0 radical (unpaired) electrons. The molecule has 26 heavy (non-hydrogen) atoms. The van der Waals surface area contributed by atoms with Crippen LogP contribution in [0.5, 0.6) is 5.88 Å². The van der Waals surface area contributed by atoms with E-state index in [-0.39, 0.29) is 10.7 Å². The number of methoxy groups -OCH3 is 1. The molecule has 2 N–H and O–H groups in total. The summed E-state index contributed by atoms with van der Waals surface area (Å²) in [7, 11) is 1.52. The van der Waals surface area contributed by atoms with Gasteiger partial charge in [0.1, 0.15) is 5.82 Å². The minimum atomic E-state index is -0.610. The second kappa shape index (κ2) is 7.79. The molecule has 2 amide bonds. The van der Waals surface area contributed by atoms with Gasteiger partial charge in [-0.15, -0.1) is 10.2 Å². The number of aromatic nitrogens is 2. The fourth-order valence-corrected chi connectivity index (χ4v) is 2.41. The maximum atomic E-state index is 13.7. The Hall–Kier alpha value is -3.19. The molecule has 3 aromatic rings. The lowest BCUT2D eigenvalue weighted by molar-refractivity contribution is 0.262. The van der Waals surface area contributed by atoms with Crippen LogP contribution in [0.2, 0.25) is 5.02 Å². The van der Waals surface area contributed by atoms with Gasteiger partial charge in [-0.25, -0.2) is 9.18 Å². The maximum Gasteiger partial charge on any atom is 0.323 e. The van der Waals surface area contributed by atoms with Gasteiger partial charge in [0.2, 0.25) is 5.88 Å². The SMILES string of the molecule is COc1ccc(-c2ccc(NC(=O)Nc3c(F)cccc3Cl)cc2)nn1. The zero-order chi connectivity index (χ0) is 18.5. The molecule has 0 aliphatic rings. The molecule has 0 aliphatic carbocycles. The van der Waals surface area contributed by atoms with E-state index in [0.717, 1.165) is 5.56 Å². The number of amides is 2. The summed E-state index contributed by atoms with van der Waals surface area (Å²) in [6, 6.07) is 14.0. The fraction of sp³-hybridized carbons (Fsp3) is 0.0556. The van der Waals surface area contributed by atoms with Crippen LogP contribution >= 0.6 is 11.6 Å². The van der Waals surface area contributed by atoms with Crippen LogP contribution in [0.15, 0.2) is 54.6 Å². The van der Waals surface area contributed by atoms with Gasteiger partial charge in [0, 0.05) is 17.3 Å². The van der Waals surface area contributed by atoms with Crippen molar-refractivity contribution in [1.82, 2.24) is 10.2 Å². The maximum absolute atomic E-state index is 13.7. The number of nitrogens with zero attached hydrogens (tertiary/aromatic N) is 2. The Balaban J connectivity index is 1.67. The highest BCUT2D eigenvalue weighted by Crippen LogP contribution is 2.25. The number of carbonyl (C=O) groups is 1. The lowest BCUT2D eigenvalue weighted by atomic mass is 10.1. The van der Waals surface area contributed by atoms with Gasteiger partial charge in [0.15, 0.2) is 0 Å². The molecule has 8 heteroatoms. The van der Waals surface area contributed by atoms with Gasteiger partial charge in [-0.05, 0) is 30.3 Å². The van der Waals surface area contributed by atoms with Crippen molar-refractivity contribution in [2.24, 2.45) is 0 Å². The van der Waals surface area contributed by atoms with Crippen molar-refractivity contribution in [1.29, 1.82) is 0 Å². The Morgan fingerprint density at radius 1 is 1.04 bits per heavy atom. The van der Waals surface area contributed by atoms with Crippen molar-refractivity contribution in [3.63, 3.8) is 0 Å². The fourth-order valence-electron chi connectivity index (χ4n) is 2.20. The van der Waals surface area contributed by atoms with Crippen molar-refractivity contribution >= 4 is 29.0 Å². The summed E-state index contributed by atoms with van der Waals surface area (Å²) < 4.78 is 18.7. The minimum Gasteiger partial charge on any atom is -0.480 e. The first-order valence-electron chi connectivity index (χ1n) is 7.57. The highest BCUT2D eigenvalue weighted by Gasteiger charge is 2.11. The summed E-state index contributed by atoms with van der Waals surface area (Å²) in [5, 5.41) is 13.1. The quantitative estimate of drug-likeness (QED) is 0.702. The first-order chi connectivity index (χ1) is 12.6. The molecule has 0 bridgehead atoms. The number of rotatable bonds is 4. The van der Waals surface area contributed by atoms with Crippen molar-refractivity contribution in [2.75, 3.05) is 17.7 Å². The Labute approximate surface area is 154 Å². The number of carbonyl (C=O) groups excluding carboxylic acids is 1. The first kappa shape index (κ1) is 17.6. The predicted octanol–water partition coefficient (Wildman–Crippen LogP) is 4.59. The molecule has 2 aromatic carbocycles. The lowest BCUT2D eigenvalue weighted by Crippen LogP contribution is -2.20. The zero-order valence-electron chi connectivity index (χ0n) is 13.7. The average Bonchev–Trinajstić information content (AvgIpc) is 2.66. The van der Waals surface area contributed by atoms with Crippen LogP contribution in [0.3, 0.4) is 0 Å². The molecule has 1 heterocycles. The van der Waals surface area contributed by atoms with Crippen LogP contribution < -0.4 is 15.4 Å². The Morgan fingerprint density at radius 2 is 1.81 bits per heavy atom. The molecule has 0 fully saturated rings. The zero-order valence-corrected chi connectivity index (χ0v) is 14.4. The van der Waals surface area contributed by atoms with Crippen LogP contribution in [0.4, 0.5) is 20.6 Å². The van der Waals surface area contributed by atoms with E-state index in [1.54, 1.807) is 36.4 Å². The largest absolute Gasteiger partial charge is 0.480 e. The molecule has 1 aromatic heterocycles. The van der Waals surface area contributed by atoms with Gasteiger partial charge in [-0.3, -0.25) is 0 Å². The number of urea groups is 1. The van der Waals surface area contributed by atoms with Crippen LogP contribution in [-0.2, 0) is 0 Å².